The van der Waals surface area contributed by atoms with Crippen LogP contribution in [0.3, 0.4) is 0 Å². The lowest BCUT2D eigenvalue weighted by Gasteiger charge is -2.05. The lowest BCUT2D eigenvalue weighted by molar-refractivity contribution is -0.385. The van der Waals surface area contributed by atoms with Gasteiger partial charge in [-0.2, -0.15) is 5.10 Å². The standard InChI is InChI=1S/C14H15N3O4/c1-3-6-16-9-12(8-15-16)21-14-5-4-11(10(2)18)7-13(14)17(19)20/h4-5,7-9H,3,6H2,1-2H3. The molecule has 2 aromatic rings. The molecule has 0 saturated carbocycles. The molecule has 7 heteroatoms. The van der Waals surface area contributed by atoms with Crippen LogP contribution < -0.4 is 4.74 Å². The van der Waals surface area contributed by atoms with Crippen molar-refractivity contribution in [2.45, 2.75) is 26.8 Å². The molecule has 0 aliphatic carbocycles. The highest BCUT2D eigenvalue weighted by atomic mass is 16.6. The van der Waals surface area contributed by atoms with E-state index in [9.17, 15) is 14.9 Å². The Morgan fingerprint density at radius 2 is 2.24 bits per heavy atom. The Hall–Kier alpha value is -2.70. The molecular formula is C14H15N3O4. The van der Waals surface area contributed by atoms with Crippen molar-refractivity contribution in [3.05, 3.63) is 46.3 Å². The zero-order chi connectivity index (χ0) is 15.4. The van der Waals surface area contributed by atoms with E-state index in [1.54, 1.807) is 10.9 Å². The zero-order valence-electron chi connectivity index (χ0n) is 11.8. The molecule has 1 heterocycles. The maximum absolute atomic E-state index is 11.3. The molecule has 0 aliphatic rings. The predicted octanol–water partition coefficient (Wildman–Crippen LogP) is 3.20. The van der Waals surface area contributed by atoms with Crippen molar-refractivity contribution >= 4 is 11.5 Å². The first-order chi connectivity index (χ1) is 10.0. The lowest BCUT2D eigenvalue weighted by atomic mass is 10.1. The number of Topliss-reactive ketones (excluding diaryl/α,β-unsaturated/α-hetero) is 1. The molecule has 0 bridgehead atoms. The van der Waals surface area contributed by atoms with E-state index in [0.717, 1.165) is 13.0 Å². The number of ether oxygens (including phenoxy) is 1. The number of nitrogens with zero attached hydrogens (tertiary/aromatic N) is 3. The Morgan fingerprint density at radius 1 is 1.48 bits per heavy atom. The number of nitro groups is 1. The molecule has 21 heavy (non-hydrogen) atoms. The number of rotatable bonds is 6. The van der Waals surface area contributed by atoms with Gasteiger partial charge in [0.2, 0.25) is 5.75 Å². The van der Waals surface area contributed by atoms with E-state index in [2.05, 4.69) is 5.10 Å². The average molecular weight is 289 g/mol. The Kier molecular flexibility index (Phi) is 4.32. The number of aryl methyl sites for hydroxylation is 1. The van der Waals surface area contributed by atoms with E-state index in [1.165, 1.54) is 31.3 Å². The van der Waals surface area contributed by atoms with Gasteiger partial charge in [0.25, 0.3) is 0 Å². The summed E-state index contributed by atoms with van der Waals surface area (Å²) in [6.45, 7) is 4.12. The van der Waals surface area contributed by atoms with Gasteiger partial charge in [0.05, 0.1) is 17.3 Å². The highest BCUT2D eigenvalue weighted by Gasteiger charge is 2.18. The van der Waals surface area contributed by atoms with Crippen molar-refractivity contribution in [3.63, 3.8) is 0 Å². The molecular weight excluding hydrogens is 274 g/mol. The van der Waals surface area contributed by atoms with Gasteiger partial charge >= 0.3 is 5.69 Å². The summed E-state index contributed by atoms with van der Waals surface area (Å²) in [4.78, 5) is 21.8. The SMILES string of the molecule is CCCn1cc(Oc2ccc(C(C)=O)cc2[N+](=O)[O-])cn1. The van der Waals surface area contributed by atoms with E-state index in [0.29, 0.717) is 5.75 Å². The third kappa shape index (κ3) is 3.44. The van der Waals surface area contributed by atoms with Gasteiger partial charge in [-0.25, -0.2) is 0 Å². The normalized spacial score (nSPS) is 10.4. The number of carbonyl (C=O) groups is 1. The van der Waals surface area contributed by atoms with Crippen molar-refractivity contribution in [2.24, 2.45) is 0 Å². The summed E-state index contributed by atoms with van der Waals surface area (Å²) in [5.41, 5.74) is 0.0293. The summed E-state index contributed by atoms with van der Waals surface area (Å²) in [5.74, 6) is 0.267. The van der Waals surface area contributed by atoms with Crippen LogP contribution in [0, 0.1) is 10.1 Å². The monoisotopic (exact) mass is 289 g/mol. The van der Waals surface area contributed by atoms with Crippen LogP contribution in [0.15, 0.2) is 30.6 Å². The van der Waals surface area contributed by atoms with Gasteiger partial charge in [-0.3, -0.25) is 19.6 Å². The van der Waals surface area contributed by atoms with Crippen molar-refractivity contribution in [3.8, 4) is 11.5 Å². The Morgan fingerprint density at radius 3 is 2.86 bits per heavy atom. The molecule has 2 rings (SSSR count). The summed E-state index contributed by atoms with van der Waals surface area (Å²) in [6.07, 6.45) is 4.10. The van der Waals surface area contributed by atoms with Gasteiger partial charge in [-0.15, -0.1) is 0 Å². The van der Waals surface area contributed by atoms with Crippen LogP contribution in [-0.2, 0) is 6.54 Å². The van der Waals surface area contributed by atoms with Crippen molar-refractivity contribution in [1.29, 1.82) is 0 Å². The minimum absolute atomic E-state index is 0.0843. The number of ketones is 1. The number of aromatic nitrogens is 2. The molecule has 0 aliphatic heterocycles. The van der Waals surface area contributed by atoms with Crippen LogP contribution in [0.2, 0.25) is 0 Å². The average Bonchev–Trinajstić information content (AvgIpc) is 2.86. The molecule has 0 N–H and O–H groups in total. The third-order valence-corrected chi connectivity index (χ3v) is 2.85. The second-order valence-corrected chi connectivity index (χ2v) is 4.54. The van der Waals surface area contributed by atoms with Crippen molar-refractivity contribution in [1.82, 2.24) is 9.78 Å². The fraction of sp³-hybridized carbons (Fsp3) is 0.286. The molecule has 7 nitrogen and oxygen atoms in total. The molecule has 0 radical (unpaired) electrons. The topological polar surface area (TPSA) is 87.3 Å². The fourth-order valence-electron chi connectivity index (χ4n) is 1.84. The van der Waals surface area contributed by atoms with E-state index in [4.69, 9.17) is 4.74 Å². The maximum atomic E-state index is 11.3. The van der Waals surface area contributed by atoms with Crippen molar-refractivity contribution in [2.75, 3.05) is 0 Å². The van der Waals surface area contributed by atoms with Crippen LogP contribution in [-0.4, -0.2) is 20.5 Å². The van der Waals surface area contributed by atoms with E-state index in [-0.39, 0.29) is 22.8 Å². The smallest absolute Gasteiger partial charge is 0.312 e. The quantitative estimate of drug-likeness (QED) is 0.463. The molecule has 0 amide bonds. The first-order valence-electron chi connectivity index (χ1n) is 6.51. The number of hydrogen-bond acceptors (Lipinski definition) is 5. The predicted molar refractivity (Wildman–Crippen MR) is 75.7 cm³/mol. The molecule has 0 fully saturated rings. The maximum Gasteiger partial charge on any atom is 0.312 e. The van der Waals surface area contributed by atoms with Crippen LogP contribution in [0.1, 0.15) is 30.6 Å². The second-order valence-electron chi connectivity index (χ2n) is 4.54. The summed E-state index contributed by atoms with van der Waals surface area (Å²) >= 11 is 0. The van der Waals surface area contributed by atoms with Crippen LogP contribution >= 0.6 is 0 Å². The molecule has 0 saturated heterocycles. The minimum Gasteiger partial charge on any atom is -0.447 e. The molecule has 0 unspecified atom stereocenters. The first-order valence-corrected chi connectivity index (χ1v) is 6.51. The fourth-order valence-corrected chi connectivity index (χ4v) is 1.84. The first kappa shape index (κ1) is 14.7. The molecule has 0 atom stereocenters. The zero-order valence-corrected chi connectivity index (χ0v) is 11.8. The molecule has 0 spiro atoms. The highest BCUT2D eigenvalue weighted by molar-refractivity contribution is 5.95. The molecule has 110 valence electrons. The Balaban J connectivity index is 2.29. The van der Waals surface area contributed by atoms with Gasteiger partial charge in [-0.05, 0) is 25.5 Å². The second kappa shape index (κ2) is 6.17. The van der Waals surface area contributed by atoms with Crippen LogP contribution in [0.25, 0.3) is 0 Å². The van der Waals surface area contributed by atoms with E-state index in [1.807, 2.05) is 6.92 Å². The number of hydrogen-bond donors (Lipinski definition) is 0. The number of nitro benzene ring substituents is 1. The van der Waals surface area contributed by atoms with Crippen LogP contribution in [0.4, 0.5) is 5.69 Å². The minimum atomic E-state index is -0.571. The number of benzene rings is 1. The summed E-state index contributed by atoms with van der Waals surface area (Å²) in [6, 6.07) is 4.14. The van der Waals surface area contributed by atoms with Gasteiger partial charge in [-0.1, -0.05) is 6.92 Å². The third-order valence-electron chi connectivity index (χ3n) is 2.85. The number of carbonyl (C=O) groups excluding carboxylic acids is 1. The van der Waals surface area contributed by atoms with E-state index >= 15 is 0 Å². The van der Waals surface area contributed by atoms with Gasteiger partial charge in [0.1, 0.15) is 0 Å². The lowest BCUT2D eigenvalue weighted by Crippen LogP contribution is -1.98. The molecule has 1 aromatic heterocycles. The summed E-state index contributed by atoms with van der Waals surface area (Å²) in [7, 11) is 0. The summed E-state index contributed by atoms with van der Waals surface area (Å²) in [5, 5.41) is 15.2. The van der Waals surface area contributed by atoms with Gasteiger partial charge in [0, 0.05) is 18.2 Å². The van der Waals surface area contributed by atoms with Crippen LogP contribution in [0.5, 0.6) is 11.5 Å². The largest absolute Gasteiger partial charge is 0.447 e. The Bertz CT molecular complexity index is 679. The molecule has 1 aromatic carbocycles. The van der Waals surface area contributed by atoms with E-state index < -0.39 is 4.92 Å². The van der Waals surface area contributed by atoms with Gasteiger partial charge < -0.3 is 4.74 Å². The highest BCUT2D eigenvalue weighted by Crippen LogP contribution is 2.32. The van der Waals surface area contributed by atoms with Crippen molar-refractivity contribution < 1.29 is 14.5 Å². The summed E-state index contributed by atoms with van der Waals surface area (Å²) < 4.78 is 7.20. The van der Waals surface area contributed by atoms with Gasteiger partial charge in [0.15, 0.2) is 11.5 Å². The Labute approximate surface area is 121 Å².